The quantitative estimate of drug-likeness (QED) is 0.857. The molecule has 0 saturated heterocycles. The Kier molecular flexibility index (Phi) is 3.18. The molecule has 2 nitrogen and oxygen atoms in total. The Labute approximate surface area is 115 Å². The molecule has 0 aromatic heterocycles. The third-order valence-corrected chi connectivity index (χ3v) is 3.59. The van der Waals surface area contributed by atoms with Crippen LogP contribution in [0.25, 0.3) is 0 Å². The predicted molar refractivity (Wildman–Crippen MR) is 70.5 cm³/mol. The molecule has 0 spiro atoms. The van der Waals surface area contributed by atoms with Crippen molar-refractivity contribution < 1.29 is 18.6 Å². The number of ether oxygens (including phenoxy) is 1. The van der Waals surface area contributed by atoms with Gasteiger partial charge in [-0.3, -0.25) is 0 Å². The molecule has 4 heteroatoms. The first-order valence-corrected chi connectivity index (χ1v) is 6.45. The van der Waals surface area contributed by atoms with Crippen LogP contribution in [0.2, 0.25) is 0 Å². The summed E-state index contributed by atoms with van der Waals surface area (Å²) in [6.07, 6.45) is -0.825. The largest absolute Gasteiger partial charge is 0.485 e. The highest BCUT2D eigenvalue weighted by molar-refractivity contribution is 5.39. The fraction of sp³-hybridized carbons (Fsp3) is 0.250. The Hall–Kier alpha value is -1.94. The van der Waals surface area contributed by atoms with Gasteiger partial charge in [0.05, 0.1) is 6.10 Å². The molecule has 2 aromatic rings. The Morgan fingerprint density at radius 3 is 2.70 bits per heavy atom. The number of benzene rings is 2. The van der Waals surface area contributed by atoms with Crippen molar-refractivity contribution in [3.05, 3.63) is 64.7 Å². The summed E-state index contributed by atoms with van der Waals surface area (Å²) in [5.74, 6) is -0.202. The van der Waals surface area contributed by atoms with Crippen LogP contribution in [0.5, 0.6) is 5.75 Å². The molecule has 0 radical (unpaired) electrons. The normalized spacial score (nSPS) is 21.2. The van der Waals surface area contributed by atoms with Gasteiger partial charge in [0.25, 0.3) is 0 Å². The summed E-state index contributed by atoms with van der Waals surface area (Å²) in [7, 11) is 0. The van der Waals surface area contributed by atoms with Gasteiger partial charge in [-0.1, -0.05) is 6.07 Å². The van der Waals surface area contributed by atoms with E-state index in [1.165, 1.54) is 24.3 Å². The van der Waals surface area contributed by atoms with E-state index >= 15 is 0 Å². The summed E-state index contributed by atoms with van der Waals surface area (Å²) in [6, 6.07) is 8.84. The summed E-state index contributed by atoms with van der Waals surface area (Å²) in [4.78, 5) is 0. The molecule has 104 valence electrons. The molecule has 20 heavy (non-hydrogen) atoms. The number of aryl methyl sites for hydroxylation is 1. The highest BCUT2D eigenvalue weighted by Gasteiger charge is 2.28. The lowest BCUT2D eigenvalue weighted by molar-refractivity contribution is 0.0653. The number of hydrogen-bond donors (Lipinski definition) is 1. The summed E-state index contributed by atoms with van der Waals surface area (Å²) in [5, 5.41) is 10.1. The lowest BCUT2D eigenvalue weighted by Crippen LogP contribution is -2.19. The van der Waals surface area contributed by atoms with Gasteiger partial charge < -0.3 is 9.84 Å². The van der Waals surface area contributed by atoms with E-state index in [1.54, 1.807) is 19.1 Å². The van der Waals surface area contributed by atoms with Crippen molar-refractivity contribution in [2.75, 3.05) is 0 Å². The Morgan fingerprint density at radius 1 is 1.15 bits per heavy atom. The molecule has 1 aliphatic rings. The third kappa shape index (κ3) is 2.27. The first-order valence-electron chi connectivity index (χ1n) is 6.45. The van der Waals surface area contributed by atoms with E-state index in [4.69, 9.17) is 4.74 Å². The van der Waals surface area contributed by atoms with Crippen LogP contribution in [0, 0.1) is 18.6 Å². The van der Waals surface area contributed by atoms with Crippen molar-refractivity contribution in [1.82, 2.24) is 0 Å². The molecule has 1 unspecified atom stereocenters. The van der Waals surface area contributed by atoms with Gasteiger partial charge >= 0.3 is 0 Å². The molecule has 2 aromatic carbocycles. The van der Waals surface area contributed by atoms with Crippen molar-refractivity contribution >= 4 is 0 Å². The molecule has 0 amide bonds. The lowest BCUT2D eigenvalue weighted by Gasteiger charge is -2.30. The SMILES string of the molecule is Cc1cc(C2C[C@H](O)c3cc(F)ccc3O2)ccc1F. The van der Waals surface area contributed by atoms with Crippen molar-refractivity contribution in [3.8, 4) is 5.75 Å². The van der Waals surface area contributed by atoms with Gasteiger partial charge in [0, 0.05) is 12.0 Å². The van der Waals surface area contributed by atoms with Crippen LogP contribution in [-0.2, 0) is 0 Å². The van der Waals surface area contributed by atoms with E-state index in [-0.39, 0.29) is 11.9 Å². The van der Waals surface area contributed by atoms with Crippen molar-refractivity contribution in [1.29, 1.82) is 0 Å². The molecule has 1 N–H and O–H groups in total. The Balaban J connectivity index is 1.94. The minimum Gasteiger partial charge on any atom is -0.485 e. The van der Waals surface area contributed by atoms with Gasteiger partial charge in [0.15, 0.2) is 0 Å². The van der Waals surface area contributed by atoms with Crippen LogP contribution < -0.4 is 4.74 Å². The fourth-order valence-corrected chi connectivity index (χ4v) is 2.49. The zero-order chi connectivity index (χ0) is 14.3. The zero-order valence-electron chi connectivity index (χ0n) is 10.9. The van der Waals surface area contributed by atoms with Gasteiger partial charge in [0.1, 0.15) is 23.5 Å². The van der Waals surface area contributed by atoms with Crippen molar-refractivity contribution in [3.63, 3.8) is 0 Å². The molecule has 1 heterocycles. The fourth-order valence-electron chi connectivity index (χ4n) is 2.49. The topological polar surface area (TPSA) is 29.5 Å². The summed E-state index contributed by atoms with van der Waals surface area (Å²) in [6.45, 7) is 1.68. The first-order chi connectivity index (χ1) is 9.54. The van der Waals surface area contributed by atoms with Gasteiger partial charge in [-0.15, -0.1) is 0 Å². The van der Waals surface area contributed by atoms with Crippen molar-refractivity contribution in [2.45, 2.75) is 25.6 Å². The van der Waals surface area contributed by atoms with E-state index in [0.29, 0.717) is 23.3 Å². The molecule has 0 bridgehead atoms. The van der Waals surface area contributed by atoms with Gasteiger partial charge in [-0.25, -0.2) is 8.78 Å². The molecule has 3 rings (SSSR count). The number of aliphatic hydroxyl groups excluding tert-OH is 1. The average molecular weight is 276 g/mol. The second kappa shape index (κ2) is 4.87. The standard InChI is InChI=1S/C16H14F2O2/c1-9-6-10(2-4-13(9)18)16-8-14(19)12-7-11(17)3-5-15(12)20-16/h2-7,14,16,19H,8H2,1H3/t14-,16?/m0/s1. The minimum atomic E-state index is -0.787. The molecule has 0 aliphatic carbocycles. The highest BCUT2D eigenvalue weighted by Crippen LogP contribution is 2.41. The van der Waals surface area contributed by atoms with Crippen LogP contribution in [-0.4, -0.2) is 5.11 Å². The third-order valence-electron chi connectivity index (χ3n) is 3.59. The van der Waals surface area contributed by atoms with Crippen LogP contribution in [0.15, 0.2) is 36.4 Å². The van der Waals surface area contributed by atoms with E-state index in [0.717, 1.165) is 5.56 Å². The number of rotatable bonds is 1. The summed E-state index contributed by atoms with van der Waals surface area (Å²) in [5.41, 5.74) is 1.79. The number of fused-ring (bicyclic) bond motifs is 1. The Bertz CT molecular complexity index is 655. The van der Waals surface area contributed by atoms with Gasteiger partial charge in [0.2, 0.25) is 0 Å². The average Bonchev–Trinajstić information content (AvgIpc) is 2.42. The van der Waals surface area contributed by atoms with Crippen LogP contribution in [0.4, 0.5) is 8.78 Å². The molecule has 0 saturated carbocycles. The molecular formula is C16H14F2O2. The van der Waals surface area contributed by atoms with E-state index in [9.17, 15) is 13.9 Å². The first kappa shape index (κ1) is 13.1. The highest BCUT2D eigenvalue weighted by atomic mass is 19.1. The van der Waals surface area contributed by atoms with Gasteiger partial charge in [-0.05, 0) is 48.4 Å². The second-order valence-electron chi connectivity index (χ2n) is 5.05. The zero-order valence-corrected chi connectivity index (χ0v) is 10.9. The van der Waals surface area contributed by atoms with E-state index < -0.39 is 11.9 Å². The predicted octanol–water partition coefficient (Wildman–Crippen LogP) is 3.83. The second-order valence-corrected chi connectivity index (χ2v) is 5.05. The minimum absolute atomic E-state index is 0.271. The number of halogens is 2. The van der Waals surface area contributed by atoms with Crippen LogP contribution in [0.3, 0.4) is 0 Å². The van der Waals surface area contributed by atoms with Crippen molar-refractivity contribution in [2.24, 2.45) is 0 Å². The van der Waals surface area contributed by atoms with Crippen LogP contribution >= 0.6 is 0 Å². The van der Waals surface area contributed by atoms with Crippen LogP contribution in [0.1, 0.15) is 35.3 Å². The summed E-state index contributed by atoms with van der Waals surface area (Å²) >= 11 is 0. The van der Waals surface area contributed by atoms with Gasteiger partial charge in [-0.2, -0.15) is 0 Å². The van der Waals surface area contributed by atoms with E-state index in [1.807, 2.05) is 0 Å². The Morgan fingerprint density at radius 2 is 1.95 bits per heavy atom. The summed E-state index contributed by atoms with van der Waals surface area (Å²) < 4.78 is 32.3. The molecule has 0 fully saturated rings. The molecule has 2 atom stereocenters. The maximum absolute atomic E-state index is 13.3. The molecular weight excluding hydrogens is 262 g/mol. The number of aliphatic hydroxyl groups is 1. The monoisotopic (exact) mass is 276 g/mol. The smallest absolute Gasteiger partial charge is 0.127 e. The maximum Gasteiger partial charge on any atom is 0.127 e. The lowest BCUT2D eigenvalue weighted by atomic mass is 9.94. The van der Waals surface area contributed by atoms with E-state index in [2.05, 4.69) is 0 Å². The number of hydrogen-bond acceptors (Lipinski definition) is 2. The maximum atomic E-state index is 13.3. The molecule has 1 aliphatic heterocycles.